The molecule has 0 radical (unpaired) electrons. The quantitative estimate of drug-likeness (QED) is 0.606. The number of rotatable bonds is 2. The Balaban J connectivity index is 2.21. The van der Waals surface area contributed by atoms with E-state index in [0.717, 1.165) is 13.1 Å². The number of benzene rings is 1. The van der Waals surface area contributed by atoms with Gasteiger partial charge in [-0.2, -0.15) is 0 Å². The Morgan fingerprint density at radius 1 is 1.31 bits per heavy atom. The second-order valence-electron chi connectivity index (χ2n) is 3.37. The van der Waals surface area contributed by atoms with Crippen molar-refractivity contribution in [1.82, 2.24) is 4.81 Å². The molecule has 0 fully saturated rings. The molecular weight excluding hydrogens is 157 g/mol. The van der Waals surface area contributed by atoms with E-state index in [9.17, 15) is 0 Å². The molecule has 1 aromatic carbocycles. The van der Waals surface area contributed by atoms with Crippen molar-refractivity contribution in [2.75, 3.05) is 13.1 Å². The van der Waals surface area contributed by atoms with E-state index >= 15 is 0 Å². The highest BCUT2D eigenvalue weighted by molar-refractivity contribution is 6.75. The Labute approximate surface area is 80.2 Å². The SMILES string of the molecule is CCN1CC=CB1c1ccccc1. The van der Waals surface area contributed by atoms with E-state index in [4.69, 9.17) is 0 Å². The van der Waals surface area contributed by atoms with E-state index in [1.165, 1.54) is 5.46 Å². The summed E-state index contributed by atoms with van der Waals surface area (Å²) in [6.07, 6.45) is 2.25. The van der Waals surface area contributed by atoms with Gasteiger partial charge in [0.1, 0.15) is 0 Å². The molecule has 13 heavy (non-hydrogen) atoms. The van der Waals surface area contributed by atoms with Crippen LogP contribution in [0.25, 0.3) is 0 Å². The van der Waals surface area contributed by atoms with Crippen molar-refractivity contribution in [2.45, 2.75) is 6.92 Å². The lowest BCUT2D eigenvalue weighted by molar-refractivity contribution is 0.525. The van der Waals surface area contributed by atoms with Crippen LogP contribution < -0.4 is 5.46 Å². The van der Waals surface area contributed by atoms with Gasteiger partial charge in [-0.05, 0) is 6.54 Å². The maximum Gasteiger partial charge on any atom is 0.284 e. The van der Waals surface area contributed by atoms with Gasteiger partial charge in [0, 0.05) is 6.54 Å². The Morgan fingerprint density at radius 2 is 2.08 bits per heavy atom. The van der Waals surface area contributed by atoms with Crippen LogP contribution >= 0.6 is 0 Å². The maximum atomic E-state index is 2.45. The van der Waals surface area contributed by atoms with E-state index in [-0.39, 0.29) is 0 Å². The standard InChI is InChI=1S/C11H14BN/c1-2-13-10-6-9-12(13)11-7-4-3-5-8-11/h3-9H,2,10H2,1H3. The van der Waals surface area contributed by atoms with Gasteiger partial charge in [0.25, 0.3) is 6.85 Å². The second kappa shape index (κ2) is 3.80. The molecule has 1 aromatic rings. The van der Waals surface area contributed by atoms with Crippen molar-refractivity contribution >= 4 is 12.3 Å². The van der Waals surface area contributed by atoms with Crippen molar-refractivity contribution in [3.05, 3.63) is 42.4 Å². The maximum absolute atomic E-state index is 2.45. The molecule has 1 aliphatic rings. The van der Waals surface area contributed by atoms with Crippen LogP contribution in [0.15, 0.2) is 42.4 Å². The molecule has 0 spiro atoms. The van der Waals surface area contributed by atoms with Crippen molar-refractivity contribution in [3.8, 4) is 0 Å². The minimum absolute atomic E-state index is 0.506. The highest BCUT2D eigenvalue weighted by atomic mass is 15.1. The Bertz CT molecular complexity index is 294. The average molecular weight is 171 g/mol. The Morgan fingerprint density at radius 3 is 2.77 bits per heavy atom. The zero-order chi connectivity index (χ0) is 9.10. The molecule has 0 aliphatic carbocycles. The highest BCUT2D eigenvalue weighted by Gasteiger charge is 2.23. The summed E-state index contributed by atoms with van der Waals surface area (Å²) in [7, 11) is 0. The second-order valence-corrected chi connectivity index (χ2v) is 3.37. The average Bonchev–Trinajstić information content (AvgIpc) is 2.67. The van der Waals surface area contributed by atoms with Crippen LogP contribution in [0.2, 0.25) is 0 Å². The molecule has 0 N–H and O–H groups in total. The normalized spacial score (nSPS) is 16.8. The van der Waals surface area contributed by atoms with Crippen molar-refractivity contribution in [2.24, 2.45) is 0 Å². The molecular formula is C11H14BN. The van der Waals surface area contributed by atoms with Crippen LogP contribution in [0, 0.1) is 0 Å². The minimum atomic E-state index is 0.506. The van der Waals surface area contributed by atoms with Gasteiger partial charge in [-0.1, -0.05) is 54.8 Å². The zero-order valence-corrected chi connectivity index (χ0v) is 7.98. The van der Waals surface area contributed by atoms with E-state index in [0.29, 0.717) is 6.85 Å². The van der Waals surface area contributed by atoms with Crippen LogP contribution in [0.3, 0.4) is 0 Å². The number of hydrogen-bond acceptors (Lipinski definition) is 1. The summed E-state index contributed by atoms with van der Waals surface area (Å²) in [4.78, 5) is 2.45. The lowest BCUT2D eigenvalue weighted by Crippen LogP contribution is -2.43. The third-order valence-corrected chi connectivity index (χ3v) is 2.60. The topological polar surface area (TPSA) is 3.24 Å². The zero-order valence-electron chi connectivity index (χ0n) is 7.98. The Kier molecular flexibility index (Phi) is 2.50. The van der Waals surface area contributed by atoms with Crippen LogP contribution in [0.5, 0.6) is 0 Å². The smallest absolute Gasteiger partial charge is 0.284 e. The van der Waals surface area contributed by atoms with Crippen LogP contribution in [-0.4, -0.2) is 24.7 Å². The first-order valence-electron chi connectivity index (χ1n) is 4.87. The molecule has 66 valence electrons. The largest absolute Gasteiger partial charge is 0.331 e. The van der Waals surface area contributed by atoms with E-state index < -0.39 is 0 Å². The molecule has 1 aliphatic heterocycles. The van der Waals surface area contributed by atoms with E-state index in [1.54, 1.807) is 0 Å². The van der Waals surface area contributed by atoms with Crippen LogP contribution in [0.1, 0.15) is 6.92 Å². The molecule has 0 unspecified atom stereocenters. The third-order valence-electron chi connectivity index (χ3n) is 2.60. The molecule has 0 saturated heterocycles. The molecule has 2 rings (SSSR count). The van der Waals surface area contributed by atoms with Gasteiger partial charge in [0.2, 0.25) is 0 Å². The van der Waals surface area contributed by atoms with Crippen molar-refractivity contribution in [3.63, 3.8) is 0 Å². The molecule has 0 atom stereocenters. The van der Waals surface area contributed by atoms with Gasteiger partial charge in [-0.25, -0.2) is 0 Å². The van der Waals surface area contributed by atoms with Crippen molar-refractivity contribution in [1.29, 1.82) is 0 Å². The summed E-state index contributed by atoms with van der Waals surface area (Å²) < 4.78 is 0. The predicted octanol–water partition coefficient (Wildman–Crippen LogP) is 1.32. The first kappa shape index (κ1) is 8.58. The van der Waals surface area contributed by atoms with Crippen LogP contribution in [-0.2, 0) is 0 Å². The van der Waals surface area contributed by atoms with Gasteiger partial charge >= 0.3 is 0 Å². The van der Waals surface area contributed by atoms with Gasteiger partial charge in [0.15, 0.2) is 0 Å². The third kappa shape index (κ3) is 1.68. The molecule has 1 heterocycles. The number of likely N-dealkylation sites (N-methyl/N-ethyl adjacent to an activating group) is 1. The van der Waals surface area contributed by atoms with Crippen LogP contribution in [0.4, 0.5) is 0 Å². The molecule has 0 saturated carbocycles. The molecule has 0 bridgehead atoms. The van der Waals surface area contributed by atoms with E-state index in [2.05, 4.69) is 54.1 Å². The molecule has 0 amide bonds. The number of hydrogen-bond donors (Lipinski definition) is 0. The lowest BCUT2D eigenvalue weighted by Gasteiger charge is -2.19. The Hall–Kier alpha value is -1.02. The highest BCUT2D eigenvalue weighted by Crippen LogP contribution is 2.05. The number of nitrogens with zero attached hydrogens (tertiary/aromatic N) is 1. The molecule has 1 nitrogen and oxygen atoms in total. The predicted molar refractivity (Wildman–Crippen MR) is 58.2 cm³/mol. The monoisotopic (exact) mass is 171 g/mol. The summed E-state index contributed by atoms with van der Waals surface area (Å²) in [6.45, 7) is 4.93. The minimum Gasteiger partial charge on any atom is -0.331 e. The summed E-state index contributed by atoms with van der Waals surface area (Å²) in [5, 5.41) is 0. The summed E-state index contributed by atoms with van der Waals surface area (Å²) >= 11 is 0. The van der Waals surface area contributed by atoms with Gasteiger partial charge < -0.3 is 4.81 Å². The fourth-order valence-electron chi connectivity index (χ4n) is 1.86. The molecule has 0 aromatic heterocycles. The molecule has 2 heteroatoms. The summed E-state index contributed by atoms with van der Waals surface area (Å²) in [5.41, 5.74) is 1.40. The fraction of sp³-hybridized carbons (Fsp3) is 0.273. The van der Waals surface area contributed by atoms with Crippen molar-refractivity contribution < 1.29 is 0 Å². The van der Waals surface area contributed by atoms with Gasteiger partial charge in [-0.3, -0.25) is 0 Å². The lowest BCUT2D eigenvalue weighted by atomic mass is 9.56. The summed E-state index contributed by atoms with van der Waals surface area (Å²) in [6, 6.07) is 10.7. The first-order chi connectivity index (χ1) is 6.42. The summed E-state index contributed by atoms with van der Waals surface area (Å²) in [5.74, 6) is 2.29. The van der Waals surface area contributed by atoms with Gasteiger partial charge in [-0.15, -0.1) is 0 Å². The fourth-order valence-corrected chi connectivity index (χ4v) is 1.86. The van der Waals surface area contributed by atoms with Gasteiger partial charge in [0.05, 0.1) is 0 Å². The van der Waals surface area contributed by atoms with E-state index in [1.807, 2.05) is 0 Å². The first-order valence-corrected chi connectivity index (χ1v) is 4.87.